The second-order valence-electron chi connectivity index (χ2n) is 4.51. The Morgan fingerprint density at radius 3 is 2.15 bits per heavy atom. The predicted molar refractivity (Wildman–Crippen MR) is 69.8 cm³/mol. The van der Waals surface area contributed by atoms with Crippen molar-refractivity contribution in [1.29, 1.82) is 0 Å². The lowest BCUT2D eigenvalue weighted by Gasteiger charge is -2.23. The van der Waals surface area contributed by atoms with E-state index in [4.69, 9.17) is 5.11 Å². The van der Waals surface area contributed by atoms with Crippen LogP contribution in [0.1, 0.15) is 10.4 Å². The van der Waals surface area contributed by atoms with Crippen molar-refractivity contribution in [1.82, 2.24) is 4.90 Å². The topological polar surface area (TPSA) is 43.8 Å². The summed E-state index contributed by atoms with van der Waals surface area (Å²) in [5.41, 5.74) is 0.999. The third-order valence-electron chi connectivity index (χ3n) is 2.66. The van der Waals surface area contributed by atoms with E-state index < -0.39 is 25.2 Å². The number of benzene rings is 1. The molecule has 112 valence electrons. The summed E-state index contributed by atoms with van der Waals surface area (Å²) in [5, 5.41) is 8.78. The van der Waals surface area contributed by atoms with Crippen LogP contribution in [0, 0.1) is 0 Å². The van der Waals surface area contributed by atoms with E-state index >= 15 is 0 Å². The molecule has 20 heavy (non-hydrogen) atoms. The van der Waals surface area contributed by atoms with Gasteiger partial charge in [-0.15, -0.1) is 0 Å². The van der Waals surface area contributed by atoms with Crippen LogP contribution in [0.5, 0.6) is 0 Å². The molecule has 1 aromatic carbocycles. The van der Waals surface area contributed by atoms with Crippen LogP contribution in [0.15, 0.2) is 24.3 Å². The van der Waals surface area contributed by atoms with Gasteiger partial charge in [0, 0.05) is 31.9 Å². The molecule has 1 rings (SSSR count). The number of hydrogen-bond acceptors (Lipinski definition) is 3. The Kier molecular flexibility index (Phi) is 5.38. The van der Waals surface area contributed by atoms with E-state index in [0.717, 1.165) is 5.69 Å². The number of nitrogens with zero attached hydrogens (tertiary/aromatic N) is 2. The van der Waals surface area contributed by atoms with Crippen LogP contribution in [-0.2, 0) is 0 Å². The Labute approximate surface area is 115 Å². The van der Waals surface area contributed by atoms with Crippen molar-refractivity contribution in [2.24, 2.45) is 0 Å². The van der Waals surface area contributed by atoms with Gasteiger partial charge in [-0.2, -0.15) is 13.2 Å². The Morgan fingerprint density at radius 2 is 1.75 bits per heavy atom. The van der Waals surface area contributed by atoms with Crippen LogP contribution >= 0.6 is 0 Å². The van der Waals surface area contributed by atoms with E-state index in [1.165, 1.54) is 12.1 Å². The lowest BCUT2D eigenvalue weighted by molar-refractivity contribution is -0.141. The highest BCUT2D eigenvalue weighted by Gasteiger charge is 2.33. The molecule has 0 unspecified atom stereocenters. The van der Waals surface area contributed by atoms with Crippen molar-refractivity contribution in [3.63, 3.8) is 0 Å². The van der Waals surface area contributed by atoms with Crippen molar-refractivity contribution in [3.05, 3.63) is 29.8 Å². The van der Waals surface area contributed by atoms with E-state index in [0.29, 0.717) is 4.90 Å². The zero-order valence-electron chi connectivity index (χ0n) is 11.3. The minimum Gasteiger partial charge on any atom is -0.395 e. The molecule has 0 saturated carbocycles. The Hall–Kier alpha value is -1.76. The molecule has 1 aromatic rings. The maximum Gasteiger partial charge on any atom is 0.406 e. The standard InChI is InChI=1S/C13H17F3N2O2/c1-17(2)11-5-3-10(4-6-11)12(20)18(7-8-19)9-13(14,15)16/h3-6,19H,7-9H2,1-2H3. The van der Waals surface area contributed by atoms with Gasteiger partial charge in [0.2, 0.25) is 0 Å². The number of halogens is 3. The molecule has 0 radical (unpaired) electrons. The minimum absolute atomic E-state index is 0.160. The van der Waals surface area contributed by atoms with Gasteiger partial charge in [-0.05, 0) is 24.3 Å². The van der Waals surface area contributed by atoms with Gasteiger partial charge in [-0.3, -0.25) is 4.79 Å². The number of aliphatic hydroxyl groups is 1. The molecule has 0 aliphatic heterocycles. The van der Waals surface area contributed by atoms with Crippen LogP contribution in [-0.4, -0.2) is 55.9 Å². The quantitative estimate of drug-likeness (QED) is 0.898. The number of aliphatic hydroxyl groups excluding tert-OH is 1. The molecule has 0 spiro atoms. The zero-order valence-corrected chi connectivity index (χ0v) is 11.3. The van der Waals surface area contributed by atoms with Gasteiger partial charge in [0.1, 0.15) is 6.54 Å². The van der Waals surface area contributed by atoms with Gasteiger partial charge in [-0.1, -0.05) is 0 Å². The molecule has 0 aliphatic rings. The lowest BCUT2D eigenvalue weighted by Crippen LogP contribution is -2.40. The van der Waals surface area contributed by atoms with Crippen molar-refractivity contribution in [2.75, 3.05) is 38.7 Å². The van der Waals surface area contributed by atoms with Gasteiger partial charge >= 0.3 is 6.18 Å². The van der Waals surface area contributed by atoms with E-state index in [1.807, 2.05) is 19.0 Å². The van der Waals surface area contributed by atoms with Crippen LogP contribution in [0.2, 0.25) is 0 Å². The third-order valence-corrected chi connectivity index (χ3v) is 2.66. The van der Waals surface area contributed by atoms with Gasteiger partial charge in [0.15, 0.2) is 0 Å². The molecule has 7 heteroatoms. The highest BCUT2D eigenvalue weighted by Crippen LogP contribution is 2.19. The zero-order chi connectivity index (χ0) is 15.3. The fraction of sp³-hybridized carbons (Fsp3) is 0.462. The number of carbonyl (C=O) groups excluding carboxylic acids is 1. The monoisotopic (exact) mass is 290 g/mol. The first-order valence-corrected chi connectivity index (χ1v) is 5.99. The van der Waals surface area contributed by atoms with Crippen LogP contribution in [0.3, 0.4) is 0 Å². The highest BCUT2D eigenvalue weighted by molar-refractivity contribution is 5.94. The molecular formula is C13H17F3N2O2. The van der Waals surface area contributed by atoms with Crippen molar-refractivity contribution < 1.29 is 23.1 Å². The normalized spacial score (nSPS) is 11.3. The second-order valence-corrected chi connectivity index (χ2v) is 4.51. The number of alkyl halides is 3. The average molecular weight is 290 g/mol. The molecule has 1 N–H and O–H groups in total. The summed E-state index contributed by atoms with van der Waals surface area (Å²) in [4.78, 5) is 14.4. The van der Waals surface area contributed by atoms with E-state index in [1.54, 1.807) is 12.1 Å². The molecule has 0 heterocycles. The fourth-order valence-electron chi connectivity index (χ4n) is 1.67. The third kappa shape index (κ3) is 4.73. The van der Waals surface area contributed by atoms with E-state index in [-0.39, 0.29) is 12.1 Å². The first kappa shape index (κ1) is 16.3. The fourth-order valence-corrected chi connectivity index (χ4v) is 1.67. The second kappa shape index (κ2) is 6.60. The summed E-state index contributed by atoms with van der Waals surface area (Å²) in [7, 11) is 3.64. The summed E-state index contributed by atoms with van der Waals surface area (Å²) < 4.78 is 37.2. The molecule has 0 atom stereocenters. The van der Waals surface area contributed by atoms with E-state index in [2.05, 4.69) is 0 Å². The van der Waals surface area contributed by atoms with Gasteiger partial charge in [-0.25, -0.2) is 0 Å². The number of carbonyl (C=O) groups is 1. The van der Waals surface area contributed by atoms with Crippen molar-refractivity contribution >= 4 is 11.6 Å². The van der Waals surface area contributed by atoms with Crippen LogP contribution in [0.4, 0.5) is 18.9 Å². The van der Waals surface area contributed by atoms with E-state index in [9.17, 15) is 18.0 Å². The molecule has 0 bridgehead atoms. The van der Waals surface area contributed by atoms with Gasteiger partial charge in [0.25, 0.3) is 5.91 Å². The molecule has 0 aromatic heterocycles. The molecule has 4 nitrogen and oxygen atoms in total. The summed E-state index contributed by atoms with van der Waals surface area (Å²) in [5.74, 6) is -0.748. The number of amides is 1. The maximum absolute atomic E-state index is 12.4. The molecular weight excluding hydrogens is 273 g/mol. The lowest BCUT2D eigenvalue weighted by atomic mass is 10.1. The minimum atomic E-state index is -4.49. The predicted octanol–water partition coefficient (Wildman–Crippen LogP) is 1.75. The summed E-state index contributed by atoms with van der Waals surface area (Å²) in [6.45, 7) is -2.24. The smallest absolute Gasteiger partial charge is 0.395 e. The average Bonchev–Trinajstić information content (AvgIpc) is 2.36. The van der Waals surface area contributed by atoms with Gasteiger partial charge < -0.3 is 14.9 Å². The SMILES string of the molecule is CN(C)c1ccc(C(=O)N(CCO)CC(F)(F)F)cc1. The van der Waals surface area contributed by atoms with Crippen molar-refractivity contribution in [3.8, 4) is 0 Å². The maximum atomic E-state index is 12.4. The van der Waals surface area contributed by atoms with Gasteiger partial charge in [0.05, 0.1) is 6.61 Å². The first-order chi connectivity index (χ1) is 9.24. The Morgan fingerprint density at radius 1 is 1.20 bits per heavy atom. The van der Waals surface area contributed by atoms with Crippen LogP contribution in [0.25, 0.3) is 0 Å². The summed E-state index contributed by atoms with van der Waals surface area (Å²) in [6, 6.07) is 6.24. The number of hydrogen-bond donors (Lipinski definition) is 1. The highest BCUT2D eigenvalue weighted by atomic mass is 19.4. The molecule has 0 fully saturated rings. The summed E-state index contributed by atoms with van der Waals surface area (Å²) in [6.07, 6.45) is -4.49. The van der Waals surface area contributed by atoms with Crippen molar-refractivity contribution in [2.45, 2.75) is 6.18 Å². The molecule has 1 amide bonds. The first-order valence-electron chi connectivity index (χ1n) is 5.99. The number of rotatable bonds is 5. The largest absolute Gasteiger partial charge is 0.406 e. The summed E-state index contributed by atoms with van der Waals surface area (Å²) >= 11 is 0. The number of anilines is 1. The molecule has 0 aliphatic carbocycles. The Balaban J connectivity index is 2.88. The Bertz CT molecular complexity index is 444. The molecule has 0 saturated heterocycles. The van der Waals surface area contributed by atoms with Crippen LogP contribution < -0.4 is 4.90 Å².